The number of amides is 2. The molecule has 2 atom stereocenters. The first-order chi connectivity index (χ1) is 9.61. The number of likely N-dealkylation sites (tertiary alicyclic amines) is 1. The molecule has 0 spiro atoms. The van der Waals surface area contributed by atoms with Crippen LogP contribution < -0.4 is 5.32 Å². The summed E-state index contributed by atoms with van der Waals surface area (Å²) in [5.41, 5.74) is 0. The van der Waals surface area contributed by atoms with Gasteiger partial charge in [0.2, 0.25) is 11.8 Å². The van der Waals surface area contributed by atoms with Crippen molar-refractivity contribution < 1.29 is 9.59 Å². The predicted octanol–water partition coefficient (Wildman–Crippen LogP) is 1.94. The molecule has 3 rings (SSSR count). The van der Waals surface area contributed by atoms with E-state index in [4.69, 9.17) is 0 Å². The molecule has 1 saturated heterocycles. The second kappa shape index (κ2) is 5.47. The molecule has 0 aromatic rings. The highest BCUT2D eigenvalue weighted by molar-refractivity contribution is 6.05. The van der Waals surface area contributed by atoms with E-state index in [0.29, 0.717) is 6.42 Å². The summed E-state index contributed by atoms with van der Waals surface area (Å²) in [6.07, 6.45) is 6.62. The molecule has 0 radical (unpaired) electrons. The number of rotatable bonds is 7. The van der Waals surface area contributed by atoms with Gasteiger partial charge < -0.3 is 5.32 Å². The highest BCUT2D eigenvalue weighted by Crippen LogP contribution is 2.48. The predicted molar refractivity (Wildman–Crippen MR) is 77.0 cm³/mol. The highest BCUT2D eigenvalue weighted by Gasteiger charge is 2.44. The van der Waals surface area contributed by atoms with E-state index in [1.807, 2.05) is 13.8 Å². The van der Waals surface area contributed by atoms with Crippen LogP contribution in [0.3, 0.4) is 0 Å². The molecule has 0 aromatic heterocycles. The monoisotopic (exact) mass is 278 g/mol. The van der Waals surface area contributed by atoms with E-state index >= 15 is 0 Å². The summed E-state index contributed by atoms with van der Waals surface area (Å²) in [5.74, 6) is 2.50. The van der Waals surface area contributed by atoms with Crippen LogP contribution in [0.5, 0.6) is 0 Å². The molecule has 2 amide bonds. The van der Waals surface area contributed by atoms with Crippen molar-refractivity contribution in [3.05, 3.63) is 0 Å². The van der Waals surface area contributed by atoms with Gasteiger partial charge >= 0.3 is 0 Å². The number of nitrogens with one attached hydrogen (secondary N) is 1. The van der Waals surface area contributed by atoms with Crippen LogP contribution >= 0.6 is 0 Å². The van der Waals surface area contributed by atoms with Gasteiger partial charge in [0.25, 0.3) is 0 Å². The van der Waals surface area contributed by atoms with Crippen molar-refractivity contribution in [1.29, 1.82) is 0 Å². The summed E-state index contributed by atoms with van der Waals surface area (Å²) in [7, 11) is 0. The van der Waals surface area contributed by atoms with Crippen LogP contribution in [0, 0.1) is 17.8 Å². The third-order valence-electron chi connectivity index (χ3n) is 5.27. The number of carbonyl (C=O) groups excluding carboxylic acids is 2. The van der Waals surface area contributed by atoms with Gasteiger partial charge in [0.05, 0.1) is 12.5 Å². The van der Waals surface area contributed by atoms with Crippen LogP contribution in [0.1, 0.15) is 52.4 Å². The maximum absolute atomic E-state index is 12.3. The van der Waals surface area contributed by atoms with Crippen molar-refractivity contribution in [2.24, 2.45) is 17.8 Å². The zero-order valence-corrected chi connectivity index (χ0v) is 12.6. The van der Waals surface area contributed by atoms with E-state index in [9.17, 15) is 9.59 Å². The van der Waals surface area contributed by atoms with Gasteiger partial charge in [0, 0.05) is 6.04 Å². The molecule has 112 valence electrons. The third kappa shape index (κ3) is 2.76. The summed E-state index contributed by atoms with van der Waals surface area (Å²) in [4.78, 5) is 25.8. The second-order valence-electron chi connectivity index (χ2n) is 6.86. The lowest BCUT2D eigenvalue weighted by atomic mass is 9.97. The Morgan fingerprint density at radius 2 is 1.80 bits per heavy atom. The third-order valence-corrected chi connectivity index (χ3v) is 5.27. The van der Waals surface area contributed by atoms with Gasteiger partial charge in [-0.3, -0.25) is 14.5 Å². The maximum atomic E-state index is 12.3. The fourth-order valence-electron chi connectivity index (χ4n) is 3.50. The molecule has 20 heavy (non-hydrogen) atoms. The van der Waals surface area contributed by atoms with E-state index in [1.165, 1.54) is 30.6 Å². The standard InChI is InChI=1S/C16H26N2O2/c1-3-10(2)18-15(19)8-14(16(18)20)17-9-13(11-4-5-11)12-6-7-12/h10-14,17H,3-9H2,1-2H3. The average molecular weight is 278 g/mol. The summed E-state index contributed by atoms with van der Waals surface area (Å²) < 4.78 is 0. The molecule has 1 aliphatic heterocycles. The summed E-state index contributed by atoms with van der Waals surface area (Å²) in [5, 5.41) is 3.40. The maximum Gasteiger partial charge on any atom is 0.247 e. The fourth-order valence-corrected chi connectivity index (χ4v) is 3.50. The normalized spacial score (nSPS) is 28.6. The topological polar surface area (TPSA) is 49.4 Å². The highest BCUT2D eigenvalue weighted by atomic mass is 16.2. The Bertz CT molecular complexity index is 389. The van der Waals surface area contributed by atoms with Crippen molar-refractivity contribution >= 4 is 11.8 Å². The lowest BCUT2D eigenvalue weighted by molar-refractivity contribution is -0.141. The minimum absolute atomic E-state index is 0.00348. The Morgan fingerprint density at radius 3 is 2.30 bits per heavy atom. The zero-order chi connectivity index (χ0) is 14.3. The quantitative estimate of drug-likeness (QED) is 0.724. The van der Waals surface area contributed by atoms with Crippen LogP contribution in [-0.2, 0) is 9.59 Å². The molecule has 2 aliphatic carbocycles. The molecule has 4 nitrogen and oxygen atoms in total. The van der Waals surface area contributed by atoms with Gasteiger partial charge in [-0.25, -0.2) is 0 Å². The van der Waals surface area contributed by atoms with Crippen LogP contribution in [0.15, 0.2) is 0 Å². The first kappa shape index (κ1) is 14.1. The van der Waals surface area contributed by atoms with Gasteiger partial charge in [-0.1, -0.05) is 6.92 Å². The van der Waals surface area contributed by atoms with E-state index in [-0.39, 0.29) is 23.9 Å². The van der Waals surface area contributed by atoms with E-state index in [1.54, 1.807) is 0 Å². The number of hydrogen-bond acceptors (Lipinski definition) is 3. The van der Waals surface area contributed by atoms with Crippen molar-refractivity contribution in [3.63, 3.8) is 0 Å². The molecule has 4 heteroatoms. The minimum Gasteiger partial charge on any atom is -0.305 e. The Kier molecular flexibility index (Phi) is 3.85. The van der Waals surface area contributed by atoms with E-state index < -0.39 is 0 Å². The van der Waals surface area contributed by atoms with Crippen molar-refractivity contribution in [2.75, 3.05) is 6.54 Å². The molecule has 2 saturated carbocycles. The van der Waals surface area contributed by atoms with Crippen LogP contribution in [0.4, 0.5) is 0 Å². The van der Waals surface area contributed by atoms with Crippen LogP contribution in [0.25, 0.3) is 0 Å². The average Bonchev–Trinajstić information content (AvgIpc) is 3.30. The number of imide groups is 1. The van der Waals surface area contributed by atoms with E-state index in [0.717, 1.165) is 30.7 Å². The van der Waals surface area contributed by atoms with E-state index in [2.05, 4.69) is 5.32 Å². The fraction of sp³-hybridized carbons (Fsp3) is 0.875. The van der Waals surface area contributed by atoms with Crippen LogP contribution in [0.2, 0.25) is 0 Å². The second-order valence-corrected chi connectivity index (χ2v) is 6.86. The Balaban J connectivity index is 1.55. The molecule has 3 aliphatic rings. The van der Waals surface area contributed by atoms with Crippen molar-refractivity contribution in [1.82, 2.24) is 10.2 Å². The smallest absolute Gasteiger partial charge is 0.247 e. The van der Waals surface area contributed by atoms with Gasteiger partial charge in [-0.15, -0.1) is 0 Å². The molecule has 3 fully saturated rings. The SMILES string of the molecule is CCC(C)N1C(=O)CC(NCC(C2CC2)C2CC2)C1=O. The molecule has 2 unspecified atom stereocenters. The molecule has 1 N–H and O–H groups in total. The Hall–Kier alpha value is -0.900. The lowest BCUT2D eigenvalue weighted by Crippen LogP contribution is -2.44. The molecule has 1 heterocycles. The van der Waals surface area contributed by atoms with Gasteiger partial charge in [-0.05, 0) is 63.3 Å². The Morgan fingerprint density at radius 1 is 1.20 bits per heavy atom. The summed E-state index contributed by atoms with van der Waals surface area (Å²) in [6, 6.07) is -0.235. The molecule has 0 aromatic carbocycles. The minimum atomic E-state index is -0.267. The molecular weight excluding hydrogens is 252 g/mol. The lowest BCUT2D eigenvalue weighted by Gasteiger charge is -2.22. The number of nitrogens with zero attached hydrogens (tertiary/aromatic N) is 1. The van der Waals surface area contributed by atoms with Gasteiger partial charge in [-0.2, -0.15) is 0 Å². The first-order valence-electron chi connectivity index (χ1n) is 8.21. The number of hydrogen-bond donors (Lipinski definition) is 1. The van der Waals surface area contributed by atoms with Crippen molar-refractivity contribution in [2.45, 2.75) is 64.5 Å². The zero-order valence-electron chi connectivity index (χ0n) is 12.6. The Labute approximate surface area is 121 Å². The van der Waals surface area contributed by atoms with Gasteiger partial charge in [0.15, 0.2) is 0 Å². The van der Waals surface area contributed by atoms with Gasteiger partial charge in [0.1, 0.15) is 0 Å². The molecule has 0 bridgehead atoms. The number of carbonyl (C=O) groups is 2. The summed E-state index contributed by atoms with van der Waals surface area (Å²) >= 11 is 0. The van der Waals surface area contributed by atoms with Crippen molar-refractivity contribution in [3.8, 4) is 0 Å². The molecular formula is C16H26N2O2. The largest absolute Gasteiger partial charge is 0.305 e. The summed E-state index contributed by atoms with van der Waals surface area (Å²) in [6.45, 7) is 4.89. The van der Waals surface area contributed by atoms with Crippen LogP contribution in [-0.4, -0.2) is 35.3 Å². The first-order valence-corrected chi connectivity index (χ1v) is 8.21.